The monoisotopic (exact) mass is 344 g/mol. The maximum atomic E-state index is 13.1. The van der Waals surface area contributed by atoms with Crippen LogP contribution in [0.5, 0.6) is 0 Å². The Balaban J connectivity index is 2.01. The van der Waals surface area contributed by atoms with Gasteiger partial charge in [0.15, 0.2) is 0 Å². The van der Waals surface area contributed by atoms with Gasteiger partial charge in [0.2, 0.25) is 10.0 Å². The van der Waals surface area contributed by atoms with Crippen LogP contribution in [0.4, 0.5) is 11.4 Å². The minimum Gasteiger partial charge on any atom is -0.305 e. The van der Waals surface area contributed by atoms with Crippen molar-refractivity contribution in [1.29, 1.82) is 0 Å². The van der Waals surface area contributed by atoms with Crippen molar-refractivity contribution >= 4 is 27.3 Å². The van der Waals surface area contributed by atoms with Crippen LogP contribution < -0.4 is 9.62 Å². The quantitative estimate of drug-likeness (QED) is 0.931. The second-order valence-electron chi connectivity index (χ2n) is 6.21. The molecule has 0 aromatic heterocycles. The molecule has 0 fully saturated rings. The van der Waals surface area contributed by atoms with Crippen molar-refractivity contribution in [2.24, 2.45) is 0 Å². The van der Waals surface area contributed by atoms with Gasteiger partial charge in [0.25, 0.3) is 5.91 Å². The first-order valence-corrected chi connectivity index (χ1v) is 9.66. The Morgan fingerprint density at radius 2 is 1.88 bits per heavy atom. The van der Waals surface area contributed by atoms with Gasteiger partial charge in [-0.25, -0.2) is 8.42 Å². The Bertz CT molecular complexity index is 906. The van der Waals surface area contributed by atoms with Gasteiger partial charge in [0.05, 0.1) is 11.9 Å². The Morgan fingerprint density at radius 1 is 1.17 bits per heavy atom. The third kappa shape index (κ3) is 3.01. The number of amides is 1. The first-order valence-electron chi connectivity index (χ1n) is 7.77. The lowest BCUT2D eigenvalue weighted by molar-refractivity contribution is 0.0981. The first kappa shape index (κ1) is 16.5. The molecule has 24 heavy (non-hydrogen) atoms. The fraction of sp³-hybridized carbons (Fsp3) is 0.278. The zero-order valence-corrected chi connectivity index (χ0v) is 14.7. The van der Waals surface area contributed by atoms with E-state index >= 15 is 0 Å². The van der Waals surface area contributed by atoms with E-state index in [1.54, 1.807) is 30.0 Å². The van der Waals surface area contributed by atoms with Gasteiger partial charge >= 0.3 is 0 Å². The van der Waals surface area contributed by atoms with Crippen LogP contribution in [0.2, 0.25) is 0 Å². The zero-order valence-electron chi connectivity index (χ0n) is 13.9. The number of nitrogens with zero attached hydrogens (tertiary/aromatic N) is 1. The molecule has 1 aliphatic rings. The normalized spacial score (nSPS) is 16.8. The van der Waals surface area contributed by atoms with E-state index in [2.05, 4.69) is 4.72 Å². The van der Waals surface area contributed by atoms with E-state index in [0.29, 0.717) is 16.8 Å². The number of fused-ring (bicyclic) bond motifs is 1. The highest BCUT2D eigenvalue weighted by molar-refractivity contribution is 7.92. The summed E-state index contributed by atoms with van der Waals surface area (Å²) in [6, 6.07) is 13.0. The Kier molecular flexibility index (Phi) is 4.09. The van der Waals surface area contributed by atoms with Crippen molar-refractivity contribution in [2.45, 2.75) is 26.3 Å². The van der Waals surface area contributed by atoms with Crippen LogP contribution in [0, 0.1) is 6.92 Å². The van der Waals surface area contributed by atoms with Crippen molar-refractivity contribution in [2.75, 3.05) is 15.9 Å². The molecule has 0 unspecified atom stereocenters. The van der Waals surface area contributed by atoms with E-state index in [4.69, 9.17) is 0 Å². The van der Waals surface area contributed by atoms with Gasteiger partial charge in [-0.3, -0.25) is 9.52 Å². The van der Waals surface area contributed by atoms with E-state index in [-0.39, 0.29) is 11.9 Å². The minimum atomic E-state index is -3.40. The third-order valence-corrected chi connectivity index (χ3v) is 4.88. The van der Waals surface area contributed by atoms with E-state index in [1.165, 1.54) is 0 Å². The number of hydrogen-bond donors (Lipinski definition) is 1. The third-order valence-electron chi connectivity index (χ3n) is 4.29. The summed E-state index contributed by atoms with van der Waals surface area (Å²) in [6.07, 6.45) is 1.92. The second-order valence-corrected chi connectivity index (χ2v) is 7.96. The molecule has 3 rings (SSSR count). The molecule has 0 spiro atoms. The van der Waals surface area contributed by atoms with Gasteiger partial charge in [-0.2, -0.15) is 0 Å². The molecule has 1 amide bonds. The summed E-state index contributed by atoms with van der Waals surface area (Å²) < 4.78 is 25.5. The molecule has 6 heteroatoms. The first-order chi connectivity index (χ1) is 11.3. The summed E-state index contributed by atoms with van der Waals surface area (Å²) in [7, 11) is -3.40. The summed E-state index contributed by atoms with van der Waals surface area (Å²) in [5, 5.41) is 0. The van der Waals surface area contributed by atoms with Crippen LogP contribution in [0.1, 0.15) is 28.4 Å². The van der Waals surface area contributed by atoms with Crippen molar-refractivity contribution < 1.29 is 13.2 Å². The lowest BCUT2D eigenvalue weighted by Crippen LogP contribution is -2.36. The molecule has 1 atom stereocenters. The fourth-order valence-electron chi connectivity index (χ4n) is 3.18. The fourth-order valence-corrected chi connectivity index (χ4v) is 3.80. The molecule has 1 N–H and O–H groups in total. The number of hydrogen-bond acceptors (Lipinski definition) is 3. The molecule has 2 aromatic carbocycles. The number of para-hydroxylation sites is 1. The largest absolute Gasteiger partial charge is 0.305 e. The van der Waals surface area contributed by atoms with Crippen molar-refractivity contribution in [3.8, 4) is 0 Å². The number of sulfonamides is 1. The number of carbonyl (C=O) groups is 1. The molecule has 0 radical (unpaired) electrons. The number of nitrogens with one attached hydrogen (secondary N) is 1. The smallest absolute Gasteiger partial charge is 0.258 e. The van der Waals surface area contributed by atoms with E-state index < -0.39 is 10.0 Å². The van der Waals surface area contributed by atoms with Crippen LogP contribution >= 0.6 is 0 Å². The predicted octanol–water partition coefficient (Wildman–Crippen LogP) is 2.96. The number of carbonyl (C=O) groups excluding carboxylic acids is 1. The summed E-state index contributed by atoms with van der Waals surface area (Å²) >= 11 is 0. The van der Waals surface area contributed by atoms with Crippen LogP contribution in [0.15, 0.2) is 42.5 Å². The lowest BCUT2D eigenvalue weighted by Gasteiger charge is -2.24. The van der Waals surface area contributed by atoms with Gasteiger partial charge in [-0.1, -0.05) is 24.3 Å². The standard InChI is InChI=1S/C18H20N2O3S/c1-12-11-14-7-4-5-10-17(14)20(12)18(21)15-8-6-9-16(13(15)2)19-24(3,22)23/h4-10,12,19H,11H2,1-3H3/t12-/m0/s1. The number of rotatable bonds is 3. The molecule has 126 valence electrons. The molecule has 0 saturated carbocycles. The molecule has 0 saturated heterocycles. The highest BCUT2D eigenvalue weighted by atomic mass is 32.2. The molecule has 5 nitrogen and oxygen atoms in total. The highest BCUT2D eigenvalue weighted by Gasteiger charge is 2.32. The van der Waals surface area contributed by atoms with Gasteiger partial charge in [0.1, 0.15) is 0 Å². The van der Waals surface area contributed by atoms with E-state index in [0.717, 1.165) is 23.9 Å². The van der Waals surface area contributed by atoms with Crippen LogP contribution in [0.3, 0.4) is 0 Å². The SMILES string of the molecule is Cc1c(NS(C)(=O)=O)cccc1C(=O)N1c2ccccc2C[C@@H]1C. The summed E-state index contributed by atoms with van der Waals surface area (Å²) in [5.74, 6) is -0.109. The minimum absolute atomic E-state index is 0.0702. The average molecular weight is 344 g/mol. The maximum Gasteiger partial charge on any atom is 0.258 e. The lowest BCUT2D eigenvalue weighted by atomic mass is 10.1. The summed E-state index contributed by atoms with van der Waals surface area (Å²) in [4.78, 5) is 14.9. The Morgan fingerprint density at radius 3 is 2.58 bits per heavy atom. The van der Waals surface area contributed by atoms with E-state index in [9.17, 15) is 13.2 Å². The topological polar surface area (TPSA) is 66.5 Å². The van der Waals surface area contributed by atoms with Gasteiger partial charge in [-0.05, 0) is 49.6 Å². The van der Waals surface area contributed by atoms with Gasteiger partial charge in [-0.15, -0.1) is 0 Å². The second kappa shape index (κ2) is 5.94. The molecule has 0 aliphatic carbocycles. The molecule has 1 aliphatic heterocycles. The van der Waals surface area contributed by atoms with Crippen LogP contribution in [0.25, 0.3) is 0 Å². The molecule has 2 aromatic rings. The van der Waals surface area contributed by atoms with Crippen molar-refractivity contribution in [1.82, 2.24) is 0 Å². The van der Waals surface area contributed by atoms with Crippen molar-refractivity contribution in [3.05, 3.63) is 59.2 Å². The molecular weight excluding hydrogens is 324 g/mol. The average Bonchev–Trinajstić information content (AvgIpc) is 2.83. The zero-order chi connectivity index (χ0) is 17.5. The summed E-state index contributed by atoms with van der Waals surface area (Å²) in [5.41, 5.74) is 3.65. The number of anilines is 2. The van der Waals surface area contributed by atoms with Crippen LogP contribution in [-0.2, 0) is 16.4 Å². The van der Waals surface area contributed by atoms with Crippen LogP contribution in [-0.4, -0.2) is 26.6 Å². The predicted molar refractivity (Wildman–Crippen MR) is 96.1 cm³/mol. The molecular formula is C18H20N2O3S. The Labute approximate surface area is 142 Å². The number of benzene rings is 2. The van der Waals surface area contributed by atoms with Gasteiger partial charge < -0.3 is 4.90 Å². The van der Waals surface area contributed by atoms with E-state index in [1.807, 2.05) is 31.2 Å². The van der Waals surface area contributed by atoms with Crippen molar-refractivity contribution in [3.63, 3.8) is 0 Å². The highest BCUT2D eigenvalue weighted by Crippen LogP contribution is 2.34. The summed E-state index contributed by atoms with van der Waals surface area (Å²) in [6.45, 7) is 3.78. The Hall–Kier alpha value is -2.34. The van der Waals surface area contributed by atoms with Gasteiger partial charge in [0, 0.05) is 17.3 Å². The molecule has 0 bridgehead atoms. The maximum absolute atomic E-state index is 13.1. The molecule has 1 heterocycles.